The Labute approximate surface area is 135 Å². The summed E-state index contributed by atoms with van der Waals surface area (Å²) in [5.74, 6) is 1.05. The molecule has 0 radical (unpaired) electrons. The third-order valence-corrected chi connectivity index (χ3v) is 4.14. The van der Waals surface area contributed by atoms with Crippen LogP contribution in [0.1, 0.15) is 12.1 Å². The van der Waals surface area contributed by atoms with E-state index in [0.29, 0.717) is 12.8 Å². The summed E-state index contributed by atoms with van der Waals surface area (Å²) in [5.41, 5.74) is 1.91. The molecule has 0 atom stereocenters. The van der Waals surface area contributed by atoms with E-state index in [4.69, 9.17) is 9.15 Å². The number of aryl methyl sites for hydroxylation is 1. The van der Waals surface area contributed by atoms with Gasteiger partial charge in [-0.15, -0.1) is 0 Å². The highest BCUT2D eigenvalue weighted by Crippen LogP contribution is 2.28. The Kier molecular flexibility index (Phi) is 4.80. The van der Waals surface area contributed by atoms with Gasteiger partial charge in [-0.05, 0) is 12.1 Å². The molecule has 1 fully saturated rings. The maximum absolute atomic E-state index is 12.3. The summed E-state index contributed by atoms with van der Waals surface area (Å²) in [6.07, 6.45) is 4.09. The van der Waals surface area contributed by atoms with Crippen molar-refractivity contribution in [1.29, 1.82) is 0 Å². The van der Waals surface area contributed by atoms with Crippen LogP contribution in [0, 0.1) is 0 Å². The van der Waals surface area contributed by atoms with Crippen LogP contribution < -0.4 is 9.64 Å². The average molecular weight is 315 g/mol. The fourth-order valence-corrected chi connectivity index (χ4v) is 2.84. The number of benzene rings is 1. The zero-order chi connectivity index (χ0) is 16.1. The molecule has 122 valence electrons. The molecule has 0 aliphatic carbocycles. The Bertz CT molecular complexity index is 634. The highest BCUT2D eigenvalue weighted by molar-refractivity contribution is 5.76. The third kappa shape index (κ3) is 3.64. The van der Waals surface area contributed by atoms with E-state index in [1.54, 1.807) is 13.4 Å². The van der Waals surface area contributed by atoms with Crippen LogP contribution in [0.5, 0.6) is 5.75 Å². The number of anilines is 1. The number of methoxy groups -OCH3 is 1. The SMILES string of the molecule is COc1ccccc1N1CCN(C(=O)CCc2cocn2)CC1. The molecule has 0 N–H and O–H groups in total. The minimum atomic E-state index is 0.174. The number of ether oxygens (including phenoxy) is 1. The number of hydrogen-bond donors (Lipinski definition) is 0. The van der Waals surface area contributed by atoms with Crippen molar-refractivity contribution in [3.05, 3.63) is 42.6 Å². The first-order chi connectivity index (χ1) is 11.3. The van der Waals surface area contributed by atoms with E-state index in [1.807, 2.05) is 23.1 Å². The van der Waals surface area contributed by atoms with Crippen LogP contribution in [-0.4, -0.2) is 49.1 Å². The van der Waals surface area contributed by atoms with Crippen LogP contribution in [0.25, 0.3) is 0 Å². The van der Waals surface area contributed by atoms with Gasteiger partial charge < -0.3 is 19.0 Å². The molecule has 0 unspecified atom stereocenters. The van der Waals surface area contributed by atoms with Crippen LogP contribution >= 0.6 is 0 Å². The third-order valence-electron chi connectivity index (χ3n) is 4.14. The van der Waals surface area contributed by atoms with E-state index in [2.05, 4.69) is 16.0 Å². The molecular weight excluding hydrogens is 294 g/mol. The first-order valence-electron chi connectivity index (χ1n) is 7.80. The molecule has 2 aromatic rings. The lowest BCUT2D eigenvalue weighted by Crippen LogP contribution is -2.48. The molecule has 1 aromatic heterocycles. The predicted molar refractivity (Wildman–Crippen MR) is 86.6 cm³/mol. The van der Waals surface area contributed by atoms with Crippen LogP contribution in [0.15, 0.2) is 41.3 Å². The van der Waals surface area contributed by atoms with Crippen molar-refractivity contribution in [2.75, 3.05) is 38.2 Å². The summed E-state index contributed by atoms with van der Waals surface area (Å²) in [4.78, 5) is 20.5. The maximum Gasteiger partial charge on any atom is 0.223 e. The number of nitrogens with zero attached hydrogens (tertiary/aromatic N) is 3. The summed E-state index contributed by atoms with van der Waals surface area (Å²) in [6.45, 7) is 3.09. The van der Waals surface area contributed by atoms with E-state index in [1.165, 1.54) is 6.39 Å². The van der Waals surface area contributed by atoms with Gasteiger partial charge in [0.25, 0.3) is 0 Å². The van der Waals surface area contributed by atoms with Crippen LogP contribution in [-0.2, 0) is 11.2 Å². The minimum Gasteiger partial charge on any atom is -0.495 e. The largest absolute Gasteiger partial charge is 0.495 e. The number of oxazole rings is 1. The molecule has 1 aromatic carbocycles. The maximum atomic E-state index is 12.3. The molecule has 1 amide bonds. The Hall–Kier alpha value is -2.50. The van der Waals surface area contributed by atoms with E-state index < -0.39 is 0 Å². The lowest BCUT2D eigenvalue weighted by atomic mass is 10.2. The van der Waals surface area contributed by atoms with Gasteiger partial charge in [0, 0.05) is 39.0 Å². The Morgan fingerprint density at radius 3 is 2.74 bits per heavy atom. The van der Waals surface area contributed by atoms with E-state index in [9.17, 15) is 4.79 Å². The average Bonchev–Trinajstić information content (AvgIpc) is 3.13. The van der Waals surface area contributed by atoms with Crippen molar-refractivity contribution in [3.63, 3.8) is 0 Å². The molecule has 6 heteroatoms. The Morgan fingerprint density at radius 2 is 2.04 bits per heavy atom. The van der Waals surface area contributed by atoms with Crippen LogP contribution in [0.3, 0.4) is 0 Å². The molecule has 1 aliphatic rings. The molecule has 6 nitrogen and oxygen atoms in total. The van der Waals surface area contributed by atoms with Gasteiger partial charge in [0.15, 0.2) is 6.39 Å². The Morgan fingerprint density at radius 1 is 1.26 bits per heavy atom. The number of carbonyl (C=O) groups is 1. The summed E-state index contributed by atoms with van der Waals surface area (Å²) >= 11 is 0. The Balaban J connectivity index is 1.52. The fraction of sp³-hybridized carbons (Fsp3) is 0.412. The zero-order valence-electron chi connectivity index (χ0n) is 13.3. The van der Waals surface area contributed by atoms with Gasteiger partial charge >= 0.3 is 0 Å². The van der Waals surface area contributed by atoms with Crippen molar-refractivity contribution < 1.29 is 13.9 Å². The highest BCUT2D eigenvalue weighted by atomic mass is 16.5. The highest BCUT2D eigenvalue weighted by Gasteiger charge is 2.22. The molecule has 0 spiro atoms. The molecule has 2 heterocycles. The number of aromatic nitrogens is 1. The number of hydrogen-bond acceptors (Lipinski definition) is 5. The summed E-state index contributed by atoms with van der Waals surface area (Å²) in [6, 6.07) is 7.99. The van der Waals surface area contributed by atoms with Gasteiger partial charge in [0.2, 0.25) is 5.91 Å². The number of rotatable bonds is 5. The van der Waals surface area contributed by atoms with Gasteiger partial charge in [-0.1, -0.05) is 12.1 Å². The van der Waals surface area contributed by atoms with Crippen molar-refractivity contribution in [3.8, 4) is 5.75 Å². The summed E-state index contributed by atoms with van der Waals surface area (Å²) in [7, 11) is 1.68. The molecule has 3 rings (SSSR count). The standard InChI is InChI=1S/C17H21N3O3/c1-22-16-5-3-2-4-15(16)19-8-10-20(11-9-19)17(21)7-6-14-12-23-13-18-14/h2-5,12-13H,6-11H2,1H3. The fourth-order valence-electron chi connectivity index (χ4n) is 2.84. The molecule has 23 heavy (non-hydrogen) atoms. The summed E-state index contributed by atoms with van der Waals surface area (Å²) < 4.78 is 10.3. The second kappa shape index (κ2) is 7.17. The minimum absolute atomic E-state index is 0.174. The molecule has 0 saturated carbocycles. The lowest BCUT2D eigenvalue weighted by molar-refractivity contribution is -0.131. The number of amides is 1. The van der Waals surface area contributed by atoms with E-state index in [0.717, 1.165) is 43.3 Å². The van der Waals surface area contributed by atoms with Crippen molar-refractivity contribution in [2.45, 2.75) is 12.8 Å². The first-order valence-corrected chi connectivity index (χ1v) is 7.80. The smallest absolute Gasteiger partial charge is 0.223 e. The lowest BCUT2D eigenvalue weighted by Gasteiger charge is -2.36. The number of carbonyl (C=O) groups excluding carboxylic acids is 1. The van der Waals surface area contributed by atoms with E-state index in [-0.39, 0.29) is 5.91 Å². The molecule has 0 bridgehead atoms. The van der Waals surface area contributed by atoms with Crippen molar-refractivity contribution in [1.82, 2.24) is 9.88 Å². The summed E-state index contributed by atoms with van der Waals surface area (Å²) in [5, 5.41) is 0. The second-order valence-corrected chi connectivity index (χ2v) is 5.52. The van der Waals surface area contributed by atoms with Gasteiger partial charge in [-0.25, -0.2) is 4.98 Å². The van der Waals surface area contributed by atoms with Crippen LogP contribution in [0.2, 0.25) is 0 Å². The normalized spacial score (nSPS) is 14.8. The van der Waals surface area contributed by atoms with Crippen LogP contribution in [0.4, 0.5) is 5.69 Å². The predicted octanol–water partition coefficient (Wildman–Crippen LogP) is 1.96. The molecular formula is C17H21N3O3. The number of para-hydroxylation sites is 2. The van der Waals surface area contributed by atoms with Gasteiger partial charge in [0.05, 0.1) is 18.5 Å². The zero-order valence-corrected chi connectivity index (χ0v) is 13.3. The molecule has 1 saturated heterocycles. The number of piperazine rings is 1. The van der Waals surface area contributed by atoms with Gasteiger partial charge in [-0.2, -0.15) is 0 Å². The quantitative estimate of drug-likeness (QED) is 0.844. The van der Waals surface area contributed by atoms with Gasteiger partial charge in [-0.3, -0.25) is 4.79 Å². The van der Waals surface area contributed by atoms with Crippen molar-refractivity contribution >= 4 is 11.6 Å². The monoisotopic (exact) mass is 315 g/mol. The second-order valence-electron chi connectivity index (χ2n) is 5.52. The molecule has 1 aliphatic heterocycles. The van der Waals surface area contributed by atoms with Gasteiger partial charge in [0.1, 0.15) is 12.0 Å². The van der Waals surface area contributed by atoms with E-state index >= 15 is 0 Å². The first kappa shape index (κ1) is 15.4. The van der Waals surface area contributed by atoms with Crippen molar-refractivity contribution in [2.24, 2.45) is 0 Å². The topological polar surface area (TPSA) is 58.8 Å².